The fraction of sp³-hybridized carbons (Fsp3) is 0.500. The molecule has 0 spiro atoms. The summed E-state index contributed by atoms with van der Waals surface area (Å²) in [6.45, 7) is 5.03. The van der Waals surface area contributed by atoms with Gasteiger partial charge in [0.25, 0.3) is 5.69 Å². The summed E-state index contributed by atoms with van der Waals surface area (Å²) in [5, 5.41) is 13.8. The summed E-state index contributed by atoms with van der Waals surface area (Å²) in [5.74, 6) is 0.0799. The Morgan fingerprint density at radius 2 is 2.05 bits per heavy atom. The minimum atomic E-state index is -3.09. The molecule has 0 aliphatic heterocycles. The van der Waals surface area contributed by atoms with Crippen LogP contribution in [-0.4, -0.2) is 30.9 Å². The Hall–Kier alpha value is -1.34. The van der Waals surface area contributed by atoms with Gasteiger partial charge in [-0.3, -0.25) is 10.1 Å². The van der Waals surface area contributed by atoms with Crippen molar-refractivity contribution in [3.63, 3.8) is 0 Å². The normalized spacial score (nSPS) is 13.0. The van der Waals surface area contributed by atoms with Gasteiger partial charge in [-0.1, -0.05) is 18.5 Å². The fourth-order valence-electron chi connectivity index (χ4n) is 1.77. The molecule has 1 aromatic carbocycles. The lowest BCUT2D eigenvalue weighted by molar-refractivity contribution is -0.384. The standard InChI is InChI=1S/C12H17ClN2O4S/c1-4-20(18,19)7-9(3)14-11-6-10(13)12(15(16)17)5-8(11)2/h5-6,9,14H,4,7H2,1-3H3. The zero-order chi connectivity index (χ0) is 15.5. The number of nitro benzene ring substituents is 1. The molecule has 0 bridgehead atoms. The number of hydrogen-bond acceptors (Lipinski definition) is 5. The van der Waals surface area contributed by atoms with E-state index in [-0.39, 0.29) is 28.3 Å². The molecule has 1 aromatic rings. The van der Waals surface area contributed by atoms with Crippen molar-refractivity contribution in [3.05, 3.63) is 32.8 Å². The van der Waals surface area contributed by atoms with Crippen molar-refractivity contribution in [2.45, 2.75) is 26.8 Å². The Balaban J connectivity index is 2.94. The maximum Gasteiger partial charge on any atom is 0.288 e. The minimum absolute atomic E-state index is 0.00243. The number of nitrogens with one attached hydrogen (secondary N) is 1. The predicted molar refractivity (Wildman–Crippen MR) is 80.3 cm³/mol. The zero-order valence-electron chi connectivity index (χ0n) is 11.5. The van der Waals surface area contributed by atoms with E-state index >= 15 is 0 Å². The molecule has 0 radical (unpaired) electrons. The van der Waals surface area contributed by atoms with E-state index in [1.807, 2.05) is 0 Å². The molecule has 0 aromatic heterocycles. The summed E-state index contributed by atoms with van der Waals surface area (Å²) in [5.41, 5.74) is 1.07. The molecule has 1 atom stereocenters. The molecule has 20 heavy (non-hydrogen) atoms. The van der Waals surface area contributed by atoms with Crippen molar-refractivity contribution in [2.75, 3.05) is 16.8 Å². The Bertz CT molecular complexity index is 616. The van der Waals surface area contributed by atoms with Crippen molar-refractivity contribution in [3.8, 4) is 0 Å². The maximum atomic E-state index is 11.5. The number of halogens is 1. The Labute approximate surface area is 123 Å². The molecule has 0 fully saturated rings. The van der Waals surface area contributed by atoms with Crippen LogP contribution in [0.25, 0.3) is 0 Å². The van der Waals surface area contributed by atoms with Gasteiger partial charge in [-0.25, -0.2) is 8.42 Å². The first-order chi connectivity index (χ1) is 9.16. The van der Waals surface area contributed by atoms with Gasteiger partial charge in [0.2, 0.25) is 0 Å². The Morgan fingerprint density at radius 1 is 1.45 bits per heavy atom. The quantitative estimate of drug-likeness (QED) is 0.643. The molecule has 0 heterocycles. The van der Waals surface area contributed by atoms with Crippen LogP contribution in [0, 0.1) is 17.0 Å². The molecule has 1 N–H and O–H groups in total. The highest BCUT2D eigenvalue weighted by Crippen LogP contribution is 2.30. The van der Waals surface area contributed by atoms with Gasteiger partial charge in [0.15, 0.2) is 9.84 Å². The van der Waals surface area contributed by atoms with Gasteiger partial charge in [0.05, 0.1) is 10.7 Å². The second-order valence-corrected chi connectivity index (χ2v) is 7.42. The SMILES string of the molecule is CCS(=O)(=O)CC(C)Nc1cc(Cl)c([N+](=O)[O-])cc1C. The summed E-state index contributed by atoms with van der Waals surface area (Å²) >= 11 is 5.84. The van der Waals surface area contributed by atoms with Crippen molar-refractivity contribution < 1.29 is 13.3 Å². The van der Waals surface area contributed by atoms with E-state index in [9.17, 15) is 18.5 Å². The van der Waals surface area contributed by atoms with Crippen LogP contribution in [0.15, 0.2) is 12.1 Å². The van der Waals surface area contributed by atoms with Crippen LogP contribution in [0.4, 0.5) is 11.4 Å². The number of nitrogens with zero attached hydrogens (tertiary/aromatic N) is 1. The molecule has 0 saturated carbocycles. The Kier molecular flexibility index (Phi) is 5.35. The van der Waals surface area contributed by atoms with Crippen LogP contribution in [0.5, 0.6) is 0 Å². The number of hydrogen-bond donors (Lipinski definition) is 1. The maximum absolute atomic E-state index is 11.5. The van der Waals surface area contributed by atoms with Gasteiger partial charge in [0.1, 0.15) is 5.02 Å². The van der Waals surface area contributed by atoms with E-state index in [2.05, 4.69) is 5.32 Å². The van der Waals surface area contributed by atoms with Crippen molar-refractivity contribution >= 4 is 32.8 Å². The number of nitro groups is 1. The average Bonchev–Trinajstić information content (AvgIpc) is 2.32. The lowest BCUT2D eigenvalue weighted by Crippen LogP contribution is -2.27. The van der Waals surface area contributed by atoms with Crippen molar-refractivity contribution in [1.29, 1.82) is 0 Å². The summed E-state index contributed by atoms with van der Waals surface area (Å²) in [6, 6.07) is 2.51. The first kappa shape index (κ1) is 16.7. The number of anilines is 1. The molecule has 1 rings (SSSR count). The van der Waals surface area contributed by atoms with Crippen LogP contribution in [0.1, 0.15) is 19.4 Å². The van der Waals surface area contributed by atoms with E-state index < -0.39 is 14.8 Å². The molecule has 1 unspecified atom stereocenters. The topological polar surface area (TPSA) is 89.3 Å². The van der Waals surface area contributed by atoms with Gasteiger partial charge in [-0.2, -0.15) is 0 Å². The van der Waals surface area contributed by atoms with Gasteiger partial charge < -0.3 is 5.32 Å². The third-order valence-electron chi connectivity index (χ3n) is 2.84. The average molecular weight is 321 g/mol. The molecule has 0 amide bonds. The summed E-state index contributed by atoms with van der Waals surface area (Å²) in [6.07, 6.45) is 0. The first-order valence-corrected chi connectivity index (χ1v) is 8.27. The monoisotopic (exact) mass is 320 g/mol. The molecule has 0 aliphatic carbocycles. The van der Waals surface area contributed by atoms with E-state index in [4.69, 9.17) is 11.6 Å². The van der Waals surface area contributed by atoms with Crippen molar-refractivity contribution in [2.24, 2.45) is 0 Å². The van der Waals surface area contributed by atoms with Gasteiger partial charge >= 0.3 is 0 Å². The van der Waals surface area contributed by atoms with E-state index in [0.29, 0.717) is 11.3 Å². The predicted octanol–water partition coefficient (Wildman–Crippen LogP) is 2.79. The highest BCUT2D eigenvalue weighted by Gasteiger charge is 2.18. The van der Waals surface area contributed by atoms with Gasteiger partial charge in [-0.05, 0) is 25.5 Å². The number of benzene rings is 1. The lowest BCUT2D eigenvalue weighted by Gasteiger charge is -2.17. The van der Waals surface area contributed by atoms with Gasteiger partial charge in [-0.15, -0.1) is 0 Å². The van der Waals surface area contributed by atoms with Crippen LogP contribution in [0.3, 0.4) is 0 Å². The van der Waals surface area contributed by atoms with Crippen LogP contribution in [0.2, 0.25) is 5.02 Å². The van der Waals surface area contributed by atoms with Crippen LogP contribution >= 0.6 is 11.6 Å². The highest BCUT2D eigenvalue weighted by atomic mass is 35.5. The fourth-order valence-corrected chi connectivity index (χ4v) is 3.08. The second-order valence-electron chi connectivity index (χ2n) is 4.62. The van der Waals surface area contributed by atoms with E-state index in [1.54, 1.807) is 20.8 Å². The third kappa shape index (κ3) is 4.35. The molecule has 0 saturated heterocycles. The first-order valence-electron chi connectivity index (χ1n) is 6.07. The highest BCUT2D eigenvalue weighted by molar-refractivity contribution is 7.91. The summed E-state index contributed by atoms with van der Waals surface area (Å²) in [4.78, 5) is 10.2. The molecule has 8 heteroatoms. The Morgan fingerprint density at radius 3 is 2.55 bits per heavy atom. The van der Waals surface area contributed by atoms with Crippen molar-refractivity contribution in [1.82, 2.24) is 0 Å². The largest absolute Gasteiger partial charge is 0.381 e. The summed E-state index contributed by atoms with van der Waals surface area (Å²) < 4.78 is 23.1. The number of rotatable bonds is 6. The molecular weight excluding hydrogens is 304 g/mol. The van der Waals surface area contributed by atoms with Crippen LogP contribution in [-0.2, 0) is 9.84 Å². The number of aryl methyl sites for hydroxylation is 1. The smallest absolute Gasteiger partial charge is 0.288 e. The van der Waals surface area contributed by atoms with Crippen LogP contribution < -0.4 is 5.32 Å². The van der Waals surface area contributed by atoms with E-state index in [1.165, 1.54) is 12.1 Å². The third-order valence-corrected chi connectivity index (χ3v) is 5.03. The number of sulfone groups is 1. The molecule has 112 valence electrons. The molecular formula is C12H17ClN2O4S. The zero-order valence-corrected chi connectivity index (χ0v) is 13.1. The summed E-state index contributed by atoms with van der Waals surface area (Å²) in [7, 11) is -3.09. The second kappa shape index (κ2) is 6.41. The molecule has 6 nitrogen and oxygen atoms in total. The minimum Gasteiger partial charge on any atom is -0.381 e. The van der Waals surface area contributed by atoms with E-state index in [0.717, 1.165) is 0 Å². The lowest BCUT2D eigenvalue weighted by atomic mass is 10.1. The molecule has 0 aliphatic rings. The van der Waals surface area contributed by atoms with Gasteiger partial charge in [0, 0.05) is 23.5 Å².